The highest BCUT2D eigenvalue weighted by Gasteiger charge is 2.30. The lowest BCUT2D eigenvalue weighted by atomic mass is 10.0. The number of pyridine rings is 1. The van der Waals surface area contributed by atoms with E-state index in [0.29, 0.717) is 22.6 Å². The van der Waals surface area contributed by atoms with Crippen LogP contribution in [0.1, 0.15) is 29.3 Å². The first kappa shape index (κ1) is 20.3. The van der Waals surface area contributed by atoms with Crippen LogP contribution < -0.4 is 5.69 Å². The third-order valence-corrected chi connectivity index (χ3v) is 4.57. The summed E-state index contributed by atoms with van der Waals surface area (Å²) in [4.78, 5) is 20.7. The maximum Gasteiger partial charge on any atom is 0.416 e. The molecule has 2 aromatic heterocycles. The molecule has 3 rings (SSSR count). The van der Waals surface area contributed by atoms with Gasteiger partial charge in [-0.3, -0.25) is 14.1 Å². The van der Waals surface area contributed by atoms with Gasteiger partial charge in [-0.15, -0.1) is 0 Å². The van der Waals surface area contributed by atoms with Crippen molar-refractivity contribution in [3.8, 4) is 0 Å². The number of aliphatic imine (C=N–C) groups is 1. The van der Waals surface area contributed by atoms with Gasteiger partial charge in [-0.05, 0) is 54.6 Å². The summed E-state index contributed by atoms with van der Waals surface area (Å²) in [6.45, 7) is 5.46. The number of benzene rings is 1. The van der Waals surface area contributed by atoms with E-state index in [9.17, 15) is 18.0 Å². The number of alkyl halides is 3. The van der Waals surface area contributed by atoms with E-state index >= 15 is 0 Å². The van der Waals surface area contributed by atoms with Crippen molar-refractivity contribution in [2.75, 3.05) is 0 Å². The summed E-state index contributed by atoms with van der Waals surface area (Å²) < 4.78 is 42.0. The van der Waals surface area contributed by atoms with E-state index in [4.69, 9.17) is 0 Å². The van der Waals surface area contributed by atoms with Crippen molar-refractivity contribution in [3.63, 3.8) is 0 Å². The van der Waals surface area contributed by atoms with Gasteiger partial charge >= 0.3 is 11.9 Å². The van der Waals surface area contributed by atoms with Crippen LogP contribution in [0, 0.1) is 0 Å². The predicted molar refractivity (Wildman–Crippen MR) is 107 cm³/mol. The third-order valence-electron chi connectivity index (χ3n) is 4.57. The molecule has 0 N–H and O–H groups in total. The Morgan fingerprint density at radius 3 is 2.66 bits per heavy atom. The number of halogens is 3. The molecule has 0 spiro atoms. The summed E-state index contributed by atoms with van der Waals surface area (Å²) in [6, 6.07) is 8.65. The Morgan fingerprint density at radius 1 is 1.28 bits per heavy atom. The summed E-state index contributed by atoms with van der Waals surface area (Å²) in [7, 11) is 1.57. The fourth-order valence-electron chi connectivity index (χ4n) is 3.05. The van der Waals surface area contributed by atoms with Gasteiger partial charge in [-0.25, -0.2) is 9.79 Å². The molecule has 3 aromatic rings. The second kappa shape index (κ2) is 7.90. The number of aromatic nitrogens is 3. The second-order valence-corrected chi connectivity index (χ2v) is 6.56. The molecule has 0 saturated heterocycles. The lowest BCUT2D eigenvalue weighted by Crippen LogP contribution is -2.23. The Hall–Kier alpha value is -3.42. The van der Waals surface area contributed by atoms with Gasteiger partial charge in [-0.2, -0.15) is 13.2 Å². The zero-order valence-electron chi connectivity index (χ0n) is 15.9. The van der Waals surface area contributed by atoms with E-state index in [-0.39, 0.29) is 12.2 Å². The number of rotatable bonds is 5. The van der Waals surface area contributed by atoms with Crippen LogP contribution >= 0.6 is 0 Å². The quantitative estimate of drug-likeness (QED) is 0.591. The summed E-state index contributed by atoms with van der Waals surface area (Å²) in [6.07, 6.45) is 0.497. The minimum atomic E-state index is -4.43. The van der Waals surface area contributed by atoms with E-state index in [0.717, 1.165) is 17.7 Å². The summed E-state index contributed by atoms with van der Waals surface area (Å²) in [5.74, 6) is 0.338. The Kier molecular flexibility index (Phi) is 5.54. The highest BCUT2D eigenvalue weighted by Crippen LogP contribution is 2.32. The van der Waals surface area contributed by atoms with Crippen molar-refractivity contribution in [1.82, 2.24) is 14.1 Å². The molecule has 0 unspecified atom stereocenters. The summed E-state index contributed by atoms with van der Waals surface area (Å²) in [5, 5.41) is 0. The van der Waals surface area contributed by atoms with Crippen LogP contribution in [-0.2, 0) is 19.8 Å². The predicted octanol–water partition coefficient (Wildman–Crippen LogP) is 4.54. The molecular weight excluding hydrogens is 381 g/mol. The molecule has 0 atom stereocenters. The van der Waals surface area contributed by atoms with Gasteiger partial charge in [0.1, 0.15) is 0 Å². The maximum atomic E-state index is 13.0. The second-order valence-electron chi connectivity index (χ2n) is 6.56. The third kappa shape index (κ3) is 4.21. The number of imidazole rings is 1. The molecule has 0 saturated carbocycles. The van der Waals surface area contributed by atoms with Crippen LogP contribution in [0.4, 0.5) is 19.0 Å². The first-order valence-corrected chi connectivity index (χ1v) is 8.73. The van der Waals surface area contributed by atoms with Crippen molar-refractivity contribution in [3.05, 3.63) is 81.7 Å². The molecule has 29 heavy (non-hydrogen) atoms. The summed E-state index contributed by atoms with van der Waals surface area (Å²) >= 11 is 0. The number of nitrogens with zero attached hydrogens (tertiary/aromatic N) is 4. The van der Waals surface area contributed by atoms with Crippen molar-refractivity contribution < 1.29 is 13.2 Å². The van der Waals surface area contributed by atoms with Crippen molar-refractivity contribution in [1.29, 1.82) is 0 Å². The first-order valence-electron chi connectivity index (χ1n) is 8.73. The van der Waals surface area contributed by atoms with Gasteiger partial charge in [-0.1, -0.05) is 18.2 Å². The molecule has 0 aliphatic rings. The number of allylic oxidation sites excluding steroid dienone is 1. The Morgan fingerprint density at radius 2 is 2.03 bits per heavy atom. The molecule has 1 aromatic carbocycles. The molecule has 0 amide bonds. The molecule has 0 radical (unpaired) electrons. The SMILES string of the molecule is C=Nc1c(/C=C(\C)c2cccc(C(F)(F)F)c2)n(Cc2cccnc2)c(=O)n1C. The van der Waals surface area contributed by atoms with E-state index in [1.54, 1.807) is 44.6 Å². The van der Waals surface area contributed by atoms with Gasteiger partial charge in [0.05, 0.1) is 17.8 Å². The smallest absolute Gasteiger partial charge is 0.286 e. The molecule has 0 aliphatic carbocycles. The zero-order chi connectivity index (χ0) is 21.2. The van der Waals surface area contributed by atoms with Crippen LogP contribution in [0.3, 0.4) is 0 Å². The monoisotopic (exact) mass is 400 g/mol. The molecule has 0 aliphatic heterocycles. The minimum Gasteiger partial charge on any atom is -0.286 e. The number of hydrogen-bond acceptors (Lipinski definition) is 3. The Balaban J connectivity index is 2.11. The summed E-state index contributed by atoms with van der Waals surface area (Å²) in [5.41, 5.74) is 1.20. The molecule has 0 bridgehead atoms. The lowest BCUT2D eigenvalue weighted by Gasteiger charge is -2.10. The van der Waals surface area contributed by atoms with E-state index in [1.807, 2.05) is 6.07 Å². The topological polar surface area (TPSA) is 52.2 Å². The highest BCUT2D eigenvalue weighted by molar-refractivity contribution is 5.82. The van der Waals surface area contributed by atoms with Crippen molar-refractivity contribution >= 4 is 24.2 Å². The van der Waals surface area contributed by atoms with Gasteiger partial charge in [0.15, 0.2) is 5.82 Å². The molecule has 0 fully saturated rings. The molecule has 150 valence electrons. The largest absolute Gasteiger partial charge is 0.416 e. The van der Waals surface area contributed by atoms with Gasteiger partial charge < -0.3 is 0 Å². The standard InChI is InChI=1S/C21H19F3N4O/c1-14(16-7-4-8-17(11-16)21(22,23)24)10-18-19(25-2)27(3)20(29)28(18)13-15-6-5-9-26-12-15/h4-12H,2,13H2,1,3H3/b14-10+. The van der Waals surface area contributed by atoms with Crippen LogP contribution in [0.15, 0.2) is 58.6 Å². The van der Waals surface area contributed by atoms with Gasteiger partial charge in [0.2, 0.25) is 0 Å². The van der Waals surface area contributed by atoms with Gasteiger partial charge in [0, 0.05) is 19.4 Å². The fourth-order valence-corrected chi connectivity index (χ4v) is 3.05. The van der Waals surface area contributed by atoms with E-state index in [1.165, 1.54) is 15.2 Å². The molecular formula is C21H19F3N4O. The maximum absolute atomic E-state index is 13.0. The van der Waals surface area contributed by atoms with Crippen LogP contribution in [0.2, 0.25) is 0 Å². The normalized spacial score (nSPS) is 12.2. The van der Waals surface area contributed by atoms with Crippen LogP contribution in [-0.4, -0.2) is 20.8 Å². The van der Waals surface area contributed by atoms with Crippen molar-refractivity contribution in [2.24, 2.45) is 12.0 Å². The van der Waals surface area contributed by atoms with E-state index in [2.05, 4.69) is 16.7 Å². The van der Waals surface area contributed by atoms with E-state index < -0.39 is 11.7 Å². The lowest BCUT2D eigenvalue weighted by molar-refractivity contribution is -0.137. The molecule has 2 heterocycles. The Labute approximate surface area is 165 Å². The number of hydrogen-bond donors (Lipinski definition) is 0. The highest BCUT2D eigenvalue weighted by atomic mass is 19.4. The molecule has 5 nitrogen and oxygen atoms in total. The Bertz CT molecular complexity index is 1130. The van der Waals surface area contributed by atoms with Crippen LogP contribution in [0.25, 0.3) is 11.6 Å². The fraction of sp³-hybridized carbons (Fsp3) is 0.190. The van der Waals surface area contributed by atoms with Crippen LogP contribution in [0.5, 0.6) is 0 Å². The molecule has 8 heteroatoms. The average Bonchev–Trinajstić information content (AvgIpc) is 2.92. The average molecular weight is 400 g/mol. The zero-order valence-corrected chi connectivity index (χ0v) is 15.9. The van der Waals surface area contributed by atoms with Crippen molar-refractivity contribution in [2.45, 2.75) is 19.6 Å². The minimum absolute atomic E-state index is 0.248. The van der Waals surface area contributed by atoms with Gasteiger partial charge in [0.25, 0.3) is 0 Å². The first-order chi connectivity index (χ1) is 13.7.